The van der Waals surface area contributed by atoms with Gasteiger partial charge in [-0.3, -0.25) is 4.79 Å². The first kappa shape index (κ1) is 10.3. The van der Waals surface area contributed by atoms with Crippen molar-refractivity contribution in [2.75, 3.05) is 5.73 Å². The van der Waals surface area contributed by atoms with Crippen LogP contribution in [0.2, 0.25) is 0 Å². The van der Waals surface area contributed by atoms with Crippen LogP contribution in [0.25, 0.3) is 5.69 Å². The summed E-state index contributed by atoms with van der Waals surface area (Å²) in [6, 6.07) is 9.80. The molecule has 0 fully saturated rings. The molecular weight excluding hydrogens is 204 g/mol. The zero-order valence-corrected chi connectivity index (χ0v) is 8.84. The molecule has 0 aliphatic heterocycles. The highest BCUT2D eigenvalue weighted by Crippen LogP contribution is 2.17. The van der Waals surface area contributed by atoms with Gasteiger partial charge in [0.15, 0.2) is 5.88 Å². The molecule has 0 aliphatic rings. The third-order valence-corrected chi connectivity index (χ3v) is 2.29. The summed E-state index contributed by atoms with van der Waals surface area (Å²) in [6.45, 7) is 1.75. The van der Waals surface area contributed by atoms with Gasteiger partial charge in [0, 0.05) is 17.8 Å². The number of hydrogen-bond acceptors (Lipinski definition) is 3. The van der Waals surface area contributed by atoms with Crippen molar-refractivity contribution >= 4 is 5.69 Å². The highest BCUT2D eigenvalue weighted by Gasteiger charge is 2.06. The van der Waals surface area contributed by atoms with Crippen LogP contribution in [0.4, 0.5) is 5.69 Å². The highest BCUT2D eigenvalue weighted by atomic mass is 16.3. The zero-order valence-electron chi connectivity index (χ0n) is 8.84. The molecule has 0 saturated carbocycles. The fourth-order valence-electron chi connectivity index (χ4n) is 1.61. The molecule has 0 bridgehead atoms. The SMILES string of the molecule is Cc1cc(O)n(-c2cccc(N)c2)c(=O)c1. The van der Waals surface area contributed by atoms with Gasteiger partial charge in [0.1, 0.15) is 0 Å². The Bertz CT molecular complexity index is 588. The predicted octanol–water partition coefficient (Wildman–Crippen LogP) is 1.43. The summed E-state index contributed by atoms with van der Waals surface area (Å²) in [5.41, 5.74) is 7.18. The van der Waals surface area contributed by atoms with Crippen LogP contribution in [0.1, 0.15) is 5.56 Å². The van der Waals surface area contributed by atoms with Crippen LogP contribution in [0.3, 0.4) is 0 Å². The Kier molecular flexibility index (Phi) is 2.40. The van der Waals surface area contributed by atoms with E-state index in [0.29, 0.717) is 11.4 Å². The minimum absolute atomic E-state index is 0.0874. The molecule has 4 heteroatoms. The van der Waals surface area contributed by atoms with Crippen molar-refractivity contribution < 1.29 is 5.11 Å². The molecule has 1 aromatic heterocycles. The van der Waals surface area contributed by atoms with Crippen LogP contribution in [0.15, 0.2) is 41.2 Å². The molecule has 0 aliphatic carbocycles. The minimum atomic E-state index is -0.275. The Balaban J connectivity index is 2.70. The van der Waals surface area contributed by atoms with Crippen LogP contribution < -0.4 is 11.3 Å². The van der Waals surface area contributed by atoms with Crippen molar-refractivity contribution in [1.82, 2.24) is 4.57 Å². The van der Waals surface area contributed by atoms with Gasteiger partial charge in [0.2, 0.25) is 0 Å². The summed E-state index contributed by atoms with van der Waals surface area (Å²) in [6.07, 6.45) is 0. The maximum absolute atomic E-state index is 11.7. The number of aromatic nitrogens is 1. The van der Waals surface area contributed by atoms with Crippen molar-refractivity contribution in [3.05, 3.63) is 52.3 Å². The average molecular weight is 216 g/mol. The van der Waals surface area contributed by atoms with Crippen LogP contribution in [-0.2, 0) is 0 Å². The molecule has 82 valence electrons. The first-order valence-corrected chi connectivity index (χ1v) is 4.86. The summed E-state index contributed by atoms with van der Waals surface area (Å²) >= 11 is 0. The standard InChI is InChI=1S/C12H12N2O2/c1-8-5-11(15)14(12(16)6-8)10-4-2-3-9(13)7-10/h2-7,15H,13H2,1H3. The van der Waals surface area contributed by atoms with Crippen molar-refractivity contribution in [1.29, 1.82) is 0 Å². The van der Waals surface area contributed by atoms with E-state index in [9.17, 15) is 9.90 Å². The number of rotatable bonds is 1. The van der Waals surface area contributed by atoms with Gasteiger partial charge in [0.05, 0.1) is 5.69 Å². The number of hydrogen-bond donors (Lipinski definition) is 2. The number of aryl methyl sites for hydroxylation is 1. The third-order valence-electron chi connectivity index (χ3n) is 2.29. The molecule has 2 aromatic rings. The van der Waals surface area contributed by atoms with Crippen LogP contribution in [-0.4, -0.2) is 9.67 Å². The van der Waals surface area contributed by atoms with Crippen LogP contribution in [0, 0.1) is 6.92 Å². The van der Waals surface area contributed by atoms with Crippen LogP contribution in [0.5, 0.6) is 5.88 Å². The van der Waals surface area contributed by atoms with Gasteiger partial charge in [-0.1, -0.05) is 6.07 Å². The molecule has 0 amide bonds. The zero-order chi connectivity index (χ0) is 11.7. The molecule has 16 heavy (non-hydrogen) atoms. The first-order chi connectivity index (χ1) is 7.58. The first-order valence-electron chi connectivity index (χ1n) is 4.86. The van der Waals surface area contributed by atoms with E-state index < -0.39 is 0 Å². The second kappa shape index (κ2) is 3.73. The molecule has 0 atom stereocenters. The Labute approximate surface area is 92.6 Å². The minimum Gasteiger partial charge on any atom is -0.494 e. The van der Waals surface area contributed by atoms with E-state index in [2.05, 4.69) is 0 Å². The second-order valence-electron chi connectivity index (χ2n) is 3.66. The van der Waals surface area contributed by atoms with E-state index in [1.807, 2.05) is 0 Å². The molecule has 3 N–H and O–H groups in total. The number of anilines is 1. The summed E-state index contributed by atoms with van der Waals surface area (Å²) in [5, 5.41) is 9.74. The van der Waals surface area contributed by atoms with Crippen molar-refractivity contribution in [3.8, 4) is 11.6 Å². The smallest absolute Gasteiger partial charge is 0.258 e. The summed E-state index contributed by atoms with van der Waals surface area (Å²) in [5.74, 6) is -0.0874. The van der Waals surface area contributed by atoms with Gasteiger partial charge >= 0.3 is 0 Å². The predicted molar refractivity (Wildman–Crippen MR) is 62.9 cm³/mol. The van der Waals surface area contributed by atoms with Gasteiger partial charge in [-0.25, -0.2) is 4.57 Å². The van der Waals surface area contributed by atoms with Gasteiger partial charge in [-0.2, -0.15) is 0 Å². The quantitative estimate of drug-likeness (QED) is 0.708. The van der Waals surface area contributed by atoms with E-state index in [-0.39, 0.29) is 11.4 Å². The maximum Gasteiger partial charge on any atom is 0.258 e. The molecule has 4 nitrogen and oxygen atoms in total. The number of benzene rings is 1. The summed E-state index contributed by atoms with van der Waals surface area (Å²) < 4.78 is 1.21. The van der Waals surface area contributed by atoms with Crippen LogP contribution >= 0.6 is 0 Å². The number of pyridine rings is 1. The molecule has 0 saturated heterocycles. The molecule has 0 unspecified atom stereocenters. The second-order valence-corrected chi connectivity index (χ2v) is 3.66. The van der Waals surface area contributed by atoms with E-state index in [1.165, 1.54) is 16.7 Å². The number of nitrogen functional groups attached to an aromatic ring is 1. The lowest BCUT2D eigenvalue weighted by atomic mass is 10.2. The monoisotopic (exact) mass is 216 g/mol. The third kappa shape index (κ3) is 1.77. The van der Waals surface area contributed by atoms with E-state index >= 15 is 0 Å². The summed E-state index contributed by atoms with van der Waals surface area (Å²) in [4.78, 5) is 11.7. The Morgan fingerprint density at radius 3 is 2.62 bits per heavy atom. The Morgan fingerprint density at radius 2 is 2.00 bits per heavy atom. The van der Waals surface area contributed by atoms with E-state index in [1.54, 1.807) is 31.2 Å². The Hall–Kier alpha value is -2.23. The number of aromatic hydroxyl groups is 1. The molecular formula is C12H12N2O2. The lowest BCUT2D eigenvalue weighted by molar-refractivity contribution is 0.435. The average Bonchev–Trinajstić information content (AvgIpc) is 2.15. The molecule has 1 heterocycles. The van der Waals surface area contributed by atoms with Gasteiger partial charge in [-0.05, 0) is 30.7 Å². The molecule has 0 spiro atoms. The Morgan fingerprint density at radius 1 is 1.25 bits per heavy atom. The van der Waals surface area contributed by atoms with Gasteiger partial charge in [-0.15, -0.1) is 0 Å². The van der Waals surface area contributed by atoms with Crippen molar-refractivity contribution in [2.24, 2.45) is 0 Å². The molecule has 0 radical (unpaired) electrons. The topological polar surface area (TPSA) is 68.2 Å². The highest BCUT2D eigenvalue weighted by molar-refractivity contribution is 5.49. The van der Waals surface area contributed by atoms with E-state index in [4.69, 9.17) is 5.73 Å². The van der Waals surface area contributed by atoms with Gasteiger partial charge in [0.25, 0.3) is 5.56 Å². The van der Waals surface area contributed by atoms with Crippen molar-refractivity contribution in [2.45, 2.75) is 6.92 Å². The fourth-order valence-corrected chi connectivity index (χ4v) is 1.61. The van der Waals surface area contributed by atoms with E-state index in [0.717, 1.165) is 5.56 Å². The fraction of sp³-hybridized carbons (Fsp3) is 0.0833. The maximum atomic E-state index is 11.7. The number of nitrogens with zero attached hydrogens (tertiary/aromatic N) is 1. The van der Waals surface area contributed by atoms with Gasteiger partial charge < -0.3 is 10.8 Å². The summed E-state index contributed by atoms with van der Waals surface area (Å²) in [7, 11) is 0. The largest absolute Gasteiger partial charge is 0.494 e. The normalized spacial score (nSPS) is 10.3. The number of nitrogens with two attached hydrogens (primary N) is 1. The molecule has 2 rings (SSSR count). The lowest BCUT2D eigenvalue weighted by Crippen LogP contribution is -2.17. The lowest BCUT2D eigenvalue weighted by Gasteiger charge is -2.09. The van der Waals surface area contributed by atoms with Crippen molar-refractivity contribution in [3.63, 3.8) is 0 Å². The molecule has 1 aromatic carbocycles.